The summed E-state index contributed by atoms with van der Waals surface area (Å²) in [5.74, 6) is 1.76. The molecule has 0 saturated heterocycles. The zero-order valence-electron chi connectivity index (χ0n) is 11.2. The Morgan fingerprint density at radius 2 is 2.11 bits per heavy atom. The van der Waals surface area contributed by atoms with Gasteiger partial charge in [-0.05, 0) is 43.9 Å². The molecular weight excluding hydrogens is 222 g/mol. The van der Waals surface area contributed by atoms with Gasteiger partial charge < -0.3 is 10.3 Å². The number of anilines is 1. The Labute approximate surface area is 108 Å². The normalized spacial score (nSPS) is 24.3. The van der Waals surface area contributed by atoms with Crippen LogP contribution in [0.1, 0.15) is 38.4 Å². The molecule has 1 aliphatic carbocycles. The number of aromatic nitrogens is 2. The third kappa shape index (κ3) is 2.22. The van der Waals surface area contributed by atoms with Crippen molar-refractivity contribution in [1.82, 2.24) is 9.97 Å². The molecular formula is C15H21N3. The van der Waals surface area contributed by atoms with Crippen molar-refractivity contribution in [2.45, 2.75) is 45.6 Å². The van der Waals surface area contributed by atoms with Crippen LogP contribution in [0.2, 0.25) is 0 Å². The number of H-pyrrole nitrogens is 1. The Morgan fingerprint density at radius 3 is 2.94 bits per heavy atom. The lowest BCUT2D eigenvalue weighted by atomic mass is 9.86. The second-order valence-electron chi connectivity index (χ2n) is 5.57. The van der Waals surface area contributed by atoms with Gasteiger partial charge in [-0.2, -0.15) is 0 Å². The largest absolute Gasteiger partial charge is 0.382 e. The maximum Gasteiger partial charge on any atom is 0.104 e. The van der Waals surface area contributed by atoms with Gasteiger partial charge in [0.1, 0.15) is 5.82 Å². The molecule has 1 aromatic heterocycles. The van der Waals surface area contributed by atoms with Crippen LogP contribution in [0, 0.1) is 12.8 Å². The van der Waals surface area contributed by atoms with Gasteiger partial charge in [0.15, 0.2) is 0 Å². The highest BCUT2D eigenvalue weighted by Crippen LogP contribution is 2.27. The molecule has 2 aromatic rings. The molecule has 3 nitrogen and oxygen atoms in total. The van der Waals surface area contributed by atoms with Gasteiger partial charge in [0.05, 0.1) is 11.0 Å². The summed E-state index contributed by atoms with van der Waals surface area (Å²) in [6.07, 6.45) is 5.38. The van der Waals surface area contributed by atoms with Gasteiger partial charge >= 0.3 is 0 Å². The SMILES string of the molecule is Cc1nc2ccc(NC3CCCCC3C)cc2[nH]1. The molecule has 3 heteroatoms. The number of imidazole rings is 1. The topological polar surface area (TPSA) is 40.7 Å². The first kappa shape index (κ1) is 11.6. The van der Waals surface area contributed by atoms with Crippen LogP contribution < -0.4 is 5.32 Å². The molecule has 1 saturated carbocycles. The van der Waals surface area contributed by atoms with Crippen molar-refractivity contribution < 1.29 is 0 Å². The van der Waals surface area contributed by atoms with Crippen LogP contribution in [0.25, 0.3) is 11.0 Å². The molecule has 0 aliphatic heterocycles. The summed E-state index contributed by atoms with van der Waals surface area (Å²) in [5, 5.41) is 3.68. The standard InChI is InChI=1S/C15H21N3/c1-10-5-3-4-6-13(10)18-12-7-8-14-15(9-12)17-11(2)16-14/h7-10,13,18H,3-6H2,1-2H3,(H,16,17). The molecule has 96 valence electrons. The van der Waals surface area contributed by atoms with E-state index < -0.39 is 0 Å². The van der Waals surface area contributed by atoms with Crippen molar-refractivity contribution in [3.63, 3.8) is 0 Å². The second kappa shape index (κ2) is 4.63. The summed E-state index contributed by atoms with van der Waals surface area (Å²) in [6, 6.07) is 7.04. The summed E-state index contributed by atoms with van der Waals surface area (Å²) in [6.45, 7) is 4.35. The third-order valence-electron chi connectivity index (χ3n) is 4.06. The lowest BCUT2D eigenvalue weighted by molar-refractivity contribution is 0.349. The Morgan fingerprint density at radius 1 is 1.28 bits per heavy atom. The fourth-order valence-corrected chi connectivity index (χ4v) is 2.97. The molecule has 18 heavy (non-hydrogen) atoms. The highest BCUT2D eigenvalue weighted by molar-refractivity contribution is 5.79. The zero-order valence-corrected chi connectivity index (χ0v) is 11.2. The minimum atomic E-state index is 0.625. The van der Waals surface area contributed by atoms with Crippen LogP contribution in [0.5, 0.6) is 0 Å². The summed E-state index contributed by atoms with van der Waals surface area (Å²) in [7, 11) is 0. The fraction of sp³-hybridized carbons (Fsp3) is 0.533. The second-order valence-corrected chi connectivity index (χ2v) is 5.57. The Bertz CT molecular complexity index is 544. The van der Waals surface area contributed by atoms with Crippen LogP contribution in [0.15, 0.2) is 18.2 Å². The average molecular weight is 243 g/mol. The summed E-state index contributed by atoms with van der Waals surface area (Å²) < 4.78 is 0. The van der Waals surface area contributed by atoms with Crippen molar-refractivity contribution in [2.75, 3.05) is 5.32 Å². The molecule has 0 amide bonds. The molecule has 1 aliphatic rings. The number of nitrogens with one attached hydrogen (secondary N) is 2. The van der Waals surface area contributed by atoms with E-state index in [0.717, 1.165) is 22.8 Å². The smallest absolute Gasteiger partial charge is 0.104 e. The van der Waals surface area contributed by atoms with E-state index in [-0.39, 0.29) is 0 Å². The molecule has 0 spiro atoms. The van der Waals surface area contributed by atoms with Crippen molar-refractivity contribution >= 4 is 16.7 Å². The van der Waals surface area contributed by atoms with E-state index in [1.165, 1.54) is 31.4 Å². The van der Waals surface area contributed by atoms with E-state index in [4.69, 9.17) is 0 Å². The average Bonchev–Trinajstić information content (AvgIpc) is 2.71. The maximum absolute atomic E-state index is 4.43. The van der Waals surface area contributed by atoms with Crippen molar-refractivity contribution in [2.24, 2.45) is 5.92 Å². The highest BCUT2D eigenvalue weighted by atomic mass is 14.9. The van der Waals surface area contributed by atoms with Crippen LogP contribution in [-0.2, 0) is 0 Å². The quantitative estimate of drug-likeness (QED) is 0.840. The number of hydrogen-bond acceptors (Lipinski definition) is 2. The highest BCUT2D eigenvalue weighted by Gasteiger charge is 2.20. The van der Waals surface area contributed by atoms with Crippen LogP contribution >= 0.6 is 0 Å². The van der Waals surface area contributed by atoms with E-state index in [1.807, 2.05) is 6.92 Å². The molecule has 2 N–H and O–H groups in total. The van der Waals surface area contributed by atoms with Crippen molar-refractivity contribution in [1.29, 1.82) is 0 Å². The van der Waals surface area contributed by atoms with Gasteiger partial charge in [-0.15, -0.1) is 0 Å². The first-order valence-electron chi connectivity index (χ1n) is 6.95. The van der Waals surface area contributed by atoms with E-state index in [1.54, 1.807) is 0 Å². The van der Waals surface area contributed by atoms with E-state index >= 15 is 0 Å². The number of fused-ring (bicyclic) bond motifs is 1. The van der Waals surface area contributed by atoms with Crippen LogP contribution in [-0.4, -0.2) is 16.0 Å². The first-order chi connectivity index (χ1) is 8.72. The Balaban J connectivity index is 1.81. The predicted octanol–water partition coefficient (Wildman–Crippen LogP) is 3.86. The maximum atomic E-state index is 4.43. The number of rotatable bonds is 2. The molecule has 1 aromatic carbocycles. The lowest BCUT2D eigenvalue weighted by Gasteiger charge is -2.30. The summed E-state index contributed by atoms with van der Waals surface area (Å²) >= 11 is 0. The first-order valence-corrected chi connectivity index (χ1v) is 6.95. The predicted molar refractivity (Wildman–Crippen MR) is 75.9 cm³/mol. The van der Waals surface area contributed by atoms with Gasteiger partial charge in [0, 0.05) is 11.7 Å². The molecule has 3 rings (SSSR count). The molecule has 2 atom stereocenters. The Kier molecular flexibility index (Phi) is 2.98. The van der Waals surface area contributed by atoms with E-state index in [9.17, 15) is 0 Å². The number of aromatic amines is 1. The summed E-state index contributed by atoms with van der Waals surface area (Å²) in [4.78, 5) is 7.73. The van der Waals surface area contributed by atoms with E-state index in [2.05, 4.69) is 40.4 Å². The monoisotopic (exact) mass is 243 g/mol. The minimum absolute atomic E-state index is 0.625. The molecule has 0 bridgehead atoms. The van der Waals surface area contributed by atoms with Crippen molar-refractivity contribution in [3.05, 3.63) is 24.0 Å². The Hall–Kier alpha value is -1.51. The van der Waals surface area contributed by atoms with Crippen molar-refractivity contribution in [3.8, 4) is 0 Å². The number of benzene rings is 1. The van der Waals surface area contributed by atoms with Crippen LogP contribution in [0.4, 0.5) is 5.69 Å². The zero-order chi connectivity index (χ0) is 12.5. The minimum Gasteiger partial charge on any atom is -0.382 e. The van der Waals surface area contributed by atoms with Gasteiger partial charge in [-0.25, -0.2) is 4.98 Å². The van der Waals surface area contributed by atoms with Gasteiger partial charge in [0.2, 0.25) is 0 Å². The number of nitrogens with zero attached hydrogens (tertiary/aromatic N) is 1. The van der Waals surface area contributed by atoms with Gasteiger partial charge in [0.25, 0.3) is 0 Å². The summed E-state index contributed by atoms with van der Waals surface area (Å²) in [5.41, 5.74) is 3.39. The van der Waals surface area contributed by atoms with Crippen LogP contribution in [0.3, 0.4) is 0 Å². The fourth-order valence-electron chi connectivity index (χ4n) is 2.97. The molecule has 1 fully saturated rings. The van der Waals surface area contributed by atoms with Gasteiger partial charge in [-0.3, -0.25) is 0 Å². The molecule has 0 radical (unpaired) electrons. The third-order valence-corrected chi connectivity index (χ3v) is 4.06. The number of hydrogen-bond donors (Lipinski definition) is 2. The lowest BCUT2D eigenvalue weighted by Crippen LogP contribution is -2.30. The van der Waals surface area contributed by atoms with E-state index in [0.29, 0.717) is 6.04 Å². The molecule has 1 heterocycles. The number of aryl methyl sites for hydroxylation is 1. The van der Waals surface area contributed by atoms with Gasteiger partial charge in [-0.1, -0.05) is 19.8 Å². The molecule has 2 unspecified atom stereocenters.